The molecule has 0 saturated carbocycles. The fraction of sp³-hybridized carbons (Fsp3) is 0.105. The molecule has 0 amide bonds. The van der Waals surface area contributed by atoms with E-state index in [2.05, 4.69) is 4.98 Å². The molecule has 0 saturated heterocycles. The third-order valence-electron chi connectivity index (χ3n) is 3.67. The minimum Gasteiger partial charge on any atom is -0.375 e. The summed E-state index contributed by atoms with van der Waals surface area (Å²) in [6.45, 7) is 0. The van der Waals surface area contributed by atoms with Crippen molar-refractivity contribution in [1.82, 2.24) is 4.98 Å². The summed E-state index contributed by atoms with van der Waals surface area (Å²) in [6.07, 6.45) is 5.06. The second-order valence-corrected chi connectivity index (χ2v) is 5.47. The van der Waals surface area contributed by atoms with Gasteiger partial charge in [-0.25, -0.2) is 8.78 Å². The molecule has 2 nitrogen and oxygen atoms in total. The van der Waals surface area contributed by atoms with Crippen molar-refractivity contribution >= 4 is 28.7 Å². The Bertz CT molecular complexity index is 880. The highest BCUT2D eigenvalue weighted by Gasteiger charge is 2.09. The maximum absolute atomic E-state index is 14.2. The van der Waals surface area contributed by atoms with Crippen LogP contribution in [0.3, 0.4) is 0 Å². The van der Waals surface area contributed by atoms with Crippen LogP contribution in [0.15, 0.2) is 48.7 Å². The van der Waals surface area contributed by atoms with Crippen molar-refractivity contribution in [3.05, 3.63) is 71.4 Å². The van der Waals surface area contributed by atoms with Gasteiger partial charge in [-0.1, -0.05) is 30.4 Å². The number of fused-ring (bicyclic) bond motifs is 1. The molecule has 0 N–H and O–H groups in total. The van der Waals surface area contributed by atoms with Gasteiger partial charge in [0.05, 0.1) is 11.2 Å². The molecule has 23 heavy (non-hydrogen) atoms. The summed E-state index contributed by atoms with van der Waals surface area (Å²) < 4.78 is 28.2. The van der Waals surface area contributed by atoms with E-state index in [1.165, 1.54) is 12.1 Å². The van der Waals surface area contributed by atoms with E-state index in [0.717, 1.165) is 16.5 Å². The number of hydrogen-bond acceptors (Lipinski definition) is 2. The molecule has 1 heterocycles. The van der Waals surface area contributed by atoms with E-state index in [1.54, 1.807) is 37.3 Å². The zero-order valence-corrected chi connectivity index (χ0v) is 12.9. The summed E-state index contributed by atoms with van der Waals surface area (Å²) >= 11 is 0. The third-order valence-corrected chi connectivity index (χ3v) is 3.67. The second-order valence-electron chi connectivity index (χ2n) is 5.47. The Morgan fingerprint density at radius 3 is 2.43 bits per heavy atom. The number of rotatable bonds is 3. The fourth-order valence-electron chi connectivity index (χ4n) is 2.47. The van der Waals surface area contributed by atoms with Gasteiger partial charge in [-0.3, -0.25) is 4.98 Å². The molecule has 116 valence electrons. The Morgan fingerprint density at radius 2 is 1.65 bits per heavy atom. The lowest BCUT2D eigenvalue weighted by atomic mass is 10.1. The zero-order valence-electron chi connectivity index (χ0n) is 12.9. The Morgan fingerprint density at radius 1 is 0.913 bits per heavy atom. The second kappa shape index (κ2) is 6.16. The van der Waals surface area contributed by atoms with Crippen LogP contribution < -0.4 is 4.90 Å². The highest BCUT2D eigenvalue weighted by molar-refractivity contribution is 5.90. The summed E-state index contributed by atoms with van der Waals surface area (Å²) in [5.41, 5.74) is 2.22. The number of aromatic nitrogens is 1. The number of hydrogen-bond donors (Lipinski definition) is 0. The minimum absolute atomic E-state index is 0.217. The first-order chi connectivity index (χ1) is 11.1. The molecule has 3 rings (SSSR count). The van der Waals surface area contributed by atoms with Crippen LogP contribution in [-0.4, -0.2) is 19.1 Å². The highest BCUT2D eigenvalue weighted by Crippen LogP contribution is 2.24. The van der Waals surface area contributed by atoms with Crippen molar-refractivity contribution in [2.24, 2.45) is 0 Å². The average Bonchev–Trinajstić information content (AvgIpc) is 2.55. The van der Waals surface area contributed by atoms with Gasteiger partial charge in [-0.2, -0.15) is 0 Å². The first kappa shape index (κ1) is 15.2. The summed E-state index contributed by atoms with van der Waals surface area (Å²) in [5.74, 6) is -0.902. The predicted molar refractivity (Wildman–Crippen MR) is 91.4 cm³/mol. The van der Waals surface area contributed by atoms with E-state index < -0.39 is 11.6 Å². The molecule has 0 bridgehead atoms. The molecular weight excluding hydrogens is 294 g/mol. The van der Waals surface area contributed by atoms with E-state index in [0.29, 0.717) is 0 Å². The van der Waals surface area contributed by atoms with Crippen LogP contribution in [0.1, 0.15) is 11.1 Å². The lowest BCUT2D eigenvalue weighted by Crippen LogP contribution is -2.11. The van der Waals surface area contributed by atoms with Crippen molar-refractivity contribution in [3.63, 3.8) is 0 Å². The summed E-state index contributed by atoms with van der Waals surface area (Å²) in [5, 5.41) is 0.969. The van der Waals surface area contributed by atoms with Gasteiger partial charge < -0.3 is 4.90 Å². The van der Waals surface area contributed by atoms with E-state index in [9.17, 15) is 8.78 Å². The van der Waals surface area contributed by atoms with Crippen molar-refractivity contribution < 1.29 is 8.78 Å². The minimum atomic E-state index is -0.454. The topological polar surface area (TPSA) is 16.1 Å². The number of halogens is 2. The van der Waals surface area contributed by atoms with Crippen molar-refractivity contribution in [2.75, 3.05) is 19.0 Å². The van der Waals surface area contributed by atoms with E-state index in [4.69, 9.17) is 0 Å². The third kappa shape index (κ3) is 3.06. The summed E-state index contributed by atoms with van der Waals surface area (Å²) in [7, 11) is 3.35. The Labute approximate surface area is 133 Å². The molecule has 2 aromatic carbocycles. The molecule has 0 atom stereocenters. The quantitative estimate of drug-likeness (QED) is 0.694. The molecule has 4 heteroatoms. The Hall–Kier alpha value is -2.75. The van der Waals surface area contributed by atoms with Gasteiger partial charge in [0.2, 0.25) is 0 Å². The standard InChI is InChI=1S/C19H16F2N2/c1-23(2)19-12-16(20)14(11-17(19)21)8-7-13-9-10-22-18-6-4-3-5-15(13)18/h3-12H,1-2H3/b8-7-. The number of anilines is 1. The normalized spacial score (nSPS) is 11.3. The van der Waals surface area contributed by atoms with Crippen molar-refractivity contribution in [1.29, 1.82) is 0 Å². The number of benzene rings is 2. The zero-order chi connectivity index (χ0) is 16.4. The van der Waals surface area contributed by atoms with Gasteiger partial charge in [0.15, 0.2) is 0 Å². The molecule has 0 spiro atoms. The van der Waals surface area contributed by atoms with Crippen LogP contribution in [-0.2, 0) is 0 Å². The van der Waals surface area contributed by atoms with Gasteiger partial charge in [0.25, 0.3) is 0 Å². The fourth-order valence-corrected chi connectivity index (χ4v) is 2.47. The number of nitrogens with zero attached hydrogens (tertiary/aromatic N) is 2. The molecule has 0 aliphatic rings. The SMILES string of the molecule is CN(C)c1cc(F)c(/C=C\c2ccnc3ccccc23)cc1F. The molecule has 0 unspecified atom stereocenters. The van der Waals surface area contributed by atoms with Gasteiger partial charge in [-0.15, -0.1) is 0 Å². The van der Waals surface area contributed by atoms with Gasteiger partial charge in [-0.05, 0) is 23.8 Å². The van der Waals surface area contributed by atoms with Crippen LogP contribution in [0.2, 0.25) is 0 Å². The molecule has 0 aliphatic heterocycles. The van der Waals surface area contributed by atoms with E-state index in [-0.39, 0.29) is 11.3 Å². The van der Waals surface area contributed by atoms with E-state index >= 15 is 0 Å². The largest absolute Gasteiger partial charge is 0.375 e. The number of para-hydroxylation sites is 1. The first-order valence-electron chi connectivity index (χ1n) is 7.24. The van der Waals surface area contributed by atoms with Crippen molar-refractivity contribution in [3.8, 4) is 0 Å². The predicted octanol–water partition coefficient (Wildman–Crippen LogP) is 4.75. The number of pyridine rings is 1. The molecule has 0 radical (unpaired) electrons. The van der Waals surface area contributed by atoms with E-state index in [1.807, 2.05) is 30.3 Å². The monoisotopic (exact) mass is 310 g/mol. The Kier molecular flexibility index (Phi) is 4.06. The molecule has 3 aromatic rings. The maximum Gasteiger partial charge on any atom is 0.147 e. The van der Waals surface area contributed by atoms with Crippen LogP contribution in [0.5, 0.6) is 0 Å². The van der Waals surface area contributed by atoms with Crippen LogP contribution >= 0.6 is 0 Å². The molecular formula is C19H16F2N2. The smallest absolute Gasteiger partial charge is 0.147 e. The average molecular weight is 310 g/mol. The molecule has 0 fully saturated rings. The van der Waals surface area contributed by atoms with Gasteiger partial charge >= 0.3 is 0 Å². The van der Waals surface area contributed by atoms with Crippen molar-refractivity contribution in [2.45, 2.75) is 0 Å². The Balaban J connectivity index is 2.01. The lowest BCUT2D eigenvalue weighted by Gasteiger charge is -2.14. The lowest BCUT2D eigenvalue weighted by molar-refractivity contribution is 0.597. The van der Waals surface area contributed by atoms with Crippen LogP contribution in [0.4, 0.5) is 14.5 Å². The molecule has 1 aromatic heterocycles. The molecule has 0 aliphatic carbocycles. The van der Waals surface area contributed by atoms with Crippen LogP contribution in [0.25, 0.3) is 23.1 Å². The van der Waals surface area contributed by atoms with Gasteiger partial charge in [0, 0.05) is 37.3 Å². The van der Waals surface area contributed by atoms with Crippen LogP contribution in [0, 0.1) is 11.6 Å². The maximum atomic E-state index is 14.2. The van der Waals surface area contributed by atoms with Gasteiger partial charge in [0.1, 0.15) is 11.6 Å². The first-order valence-corrected chi connectivity index (χ1v) is 7.24. The highest BCUT2D eigenvalue weighted by atomic mass is 19.1. The summed E-state index contributed by atoms with van der Waals surface area (Å²) in [6, 6.07) is 12.0. The summed E-state index contributed by atoms with van der Waals surface area (Å²) in [4.78, 5) is 5.83.